The van der Waals surface area contributed by atoms with Crippen LogP contribution in [0.4, 0.5) is 0 Å². The van der Waals surface area contributed by atoms with Crippen LogP contribution in [0.2, 0.25) is 0 Å². The van der Waals surface area contributed by atoms with E-state index in [1.54, 1.807) is 11.8 Å². The molecule has 6 nitrogen and oxygen atoms in total. The van der Waals surface area contributed by atoms with Crippen molar-refractivity contribution in [2.24, 2.45) is 0 Å². The quantitative estimate of drug-likeness (QED) is 0.247. The fourth-order valence-electron chi connectivity index (χ4n) is 4.30. The molecule has 0 aliphatic carbocycles. The number of rotatable bonds is 8. The lowest BCUT2D eigenvalue weighted by Gasteiger charge is -2.14. The van der Waals surface area contributed by atoms with Gasteiger partial charge in [0.15, 0.2) is 5.16 Å². The Hall–Kier alpha value is -3.58. The SMILES string of the molecule is Cc1ccc(-n2c(Cc3ccccc3)nnc2SCCCn2c(=O)[nH]c3ccccc32)c(C)c1. The Labute approximate surface area is 202 Å². The number of nitrogens with one attached hydrogen (secondary N) is 1. The van der Waals surface area contributed by atoms with Gasteiger partial charge in [-0.2, -0.15) is 0 Å². The number of benzene rings is 3. The van der Waals surface area contributed by atoms with Gasteiger partial charge >= 0.3 is 5.69 Å². The average Bonchev–Trinajstić information content (AvgIpc) is 3.37. The molecule has 5 rings (SSSR count). The minimum absolute atomic E-state index is 0.0604. The van der Waals surface area contributed by atoms with Gasteiger partial charge < -0.3 is 4.98 Å². The van der Waals surface area contributed by atoms with Gasteiger partial charge in [0.2, 0.25) is 0 Å². The number of H-pyrrole nitrogens is 1. The molecule has 0 spiro atoms. The zero-order valence-corrected chi connectivity index (χ0v) is 20.2. The summed E-state index contributed by atoms with van der Waals surface area (Å²) in [7, 11) is 0. The van der Waals surface area contributed by atoms with Gasteiger partial charge in [0.25, 0.3) is 0 Å². The molecule has 34 heavy (non-hydrogen) atoms. The third-order valence-electron chi connectivity index (χ3n) is 5.94. The second kappa shape index (κ2) is 9.73. The van der Waals surface area contributed by atoms with E-state index in [-0.39, 0.29) is 5.69 Å². The van der Waals surface area contributed by atoms with E-state index in [1.807, 2.05) is 34.9 Å². The first-order valence-corrected chi connectivity index (χ1v) is 12.4. The lowest BCUT2D eigenvalue weighted by Crippen LogP contribution is -2.17. The number of aromatic nitrogens is 5. The second-order valence-electron chi connectivity index (χ2n) is 8.49. The molecule has 1 N–H and O–H groups in total. The Kier molecular flexibility index (Phi) is 6.36. The number of thioether (sulfide) groups is 1. The van der Waals surface area contributed by atoms with Gasteiger partial charge in [-0.1, -0.05) is 71.9 Å². The van der Waals surface area contributed by atoms with Crippen molar-refractivity contribution in [1.82, 2.24) is 24.3 Å². The summed E-state index contributed by atoms with van der Waals surface area (Å²) in [6, 6.07) is 24.6. The van der Waals surface area contributed by atoms with Crippen LogP contribution in [0.1, 0.15) is 28.9 Å². The summed E-state index contributed by atoms with van der Waals surface area (Å²) in [6.45, 7) is 4.90. The summed E-state index contributed by atoms with van der Waals surface area (Å²) in [5, 5.41) is 10.0. The standard InChI is InChI=1S/C27H27N5OS/c1-19-13-14-23(20(2)17-19)32-25(18-21-9-4-3-5-10-21)29-30-27(32)34-16-8-15-31-24-12-7-6-11-22(24)28-26(31)33/h3-7,9-14,17H,8,15-16,18H2,1-2H3,(H,28,33). The van der Waals surface area contributed by atoms with Crippen molar-refractivity contribution in [2.75, 3.05) is 5.75 Å². The normalized spacial score (nSPS) is 11.4. The van der Waals surface area contributed by atoms with Crippen molar-refractivity contribution in [3.05, 3.63) is 106 Å². The minimum Gasteiger partial charge on any atom is -0.306 e. The van der Waals surface area contributed by atoms with E-state index >= 15 is 0 Å². The van der Waals surface area contributed by atoms with Crippen LogP contribution in [-0.4, -0.2) is 30.1 Å². The van der Waals surface area contributed by atoms with Crippen LogP contribution in [0.5, 0.6) is 0 Å². The van der Waals surface area contributed by atoms with E-state index in [2.05, 4.69) is 76.1 Å². The van der Waals surface area contributed by atoms with E-state index < -0.39 is 0 Å². The van der Waals surface area contributed by atoms with Crippen LogP contribution in [0.3, 0.4) is 0 Å². The molecule has 0 saturated carbocycles. The summed E-state index contributed by atoms with van der Waals surface area (Å²) in [5.74, 6) is 1.76. The number of hydrogen-bond donors (Lipinski definition) is 1. The van der Waals surface area contributed by atoms with Crippen LogP contribution in [0.15, 0.2) is 82.7 Å². The highest BCUT2D eigenvalue weighted by molar-refractivity contribution is 7.99. The maximum absolute atomic E-state index is 12.4. The first-order valence-electron chi connectivity index (χ1n) is 11.5. The molecule has 0 amide bonds. The number of fused-ring (bicyclic) bond motifs is 1. The fourth-order valence-corrected chi connectivity index (χ4v) is 5.19. The van der Waals surface area contributed by atoms with Crippen molar-refractivity contribution in [3.63, 3.8) is 0 Å². The maximum atomic E-state index is 12.4. The van der Waals surface area contributed by atoms with Crippen LogP contribution in [0.25, 0.3) is 16.7 Å². The zero-order chi connectivity index (χ0) is 23.5. The van der Waals surface area contributed by atoms with Crippen molar-refractivity contribution in [2.45, 2.75) is 38.4 Å². The number of aromatic amines is 1. The van der Waals surface area contributed by atoms with Crippen LogP contribution >= 0.6 is 11.8 Å². The summed E-state index contributed by atoms with van der Waals surface area (Å²) in [5.41, 5.74) is 6.50. The lowest BCUT2D eigenvalue weighted by molar-refractivity contribution is 0.678. The molecule has 0 aliphatic heterocycles. The molecule has 0 bridgehead atoms. The number of hydrogen-bond acceptors (Lipinski definition) is 4. The van der Waals surface area contributed by atoms with Gasteiger partial charge in [-0.05, 0) is 49.6 Å². The Bertz CT molecular complexity index is 1480. The first-order chi connectivity index (χ1) is 16.6. The minimum atomic E-state index is -0.0604. The van der Waals surface area contributed by atoms with Gasteiger partial charge in [-0.15, -0.1) is 10.2 Å². The average molecular weight is 470 g/mol. The molecule has 0 fully saturated rings. The van der Waals surface area contributed by atoms with Gasteiger partial charge in [-0.25, -0.2) is 4.79 Å². The molecule has 0 atom stereocenters. The van der Waals surface area contributed by atoms with Crippen molar-refractivity contribution >= 4 is 22.8 Å². The summed E-state index contributed by atoms with van der Waals surface area (Å²) < 4.78 is 4.00. The first kappa shape index (κ1) is 22.2. The highest BCUT2D eigenvalue weighted by Gasteiger charge is 2.17. The van der Waals surface area contributed by atoms with Gasteiger partial charge in [0, 0.05) is 18.7 Å². The van der Waals surface area contributed by atoms with E-state index in [4.69, 9.17) is 0 Å². The third-order valence-corrected chi connectivity index (χ3v) is 6.95. The van der Waals surface area contributed by atoms with Crippen LogP contribution in [-0.2, 0) is 13.0 Å². The highest BCUT2D eigenvalue weighted by atomic mass is 32.2. The van der Waals surface area contributed by atoms with E-state index in [0.717, 1.165) is 39.9 Å². The molecule has 0 unspecified atom stereocenters. The third kappa shape index (κ3) is 4.56. The van der Waals surface area contributed by atoms with E-state index in [9.17, 15) is 4.79 Å². The van der Waals surface area contributed by atoms with Crippen LogP contribution < -0.4 is 5.69 Å². The van der Waals surface area contributed by atoms with E-state index in [0.29, 0.717) is 13.0 Å². The number of aryl methyl sites for hydroxylation is 3. The number of imidazole rings is 1. The highest BCUT2D eigenvalue weighted by Crippen LogP contribution is 2.27. The molecule has 2 aromatic heterocycles. The largest absolute Gasteiger partial charge is 0.326 e. The topological polar surface area (TPSA) is 68.5 Å². The summed E-state index contributed by atoms with van der Waals surface area (Å²) in [6.07, 6.45) is 1.56. The summed E-state index contributed by atoms with van der Waals surface area (Å²) >= 11 is 1.68. The van der Waals surface area contributed by atoms with Crippen molar-refractivity contribution < 1.29 is 0 Å². The predicted octanol–water partition coefficient (Wildman–Crippen LogP) is 5.30. The predicted molar refractivity (Wildman–Crippen MR) is 138 cm³/mol. The van der Waals surface area contributed by atoms with Gasteiger partial charge in [0.05, 0.1) is 16.7 Å². The molecule has 172 valence electrons. The molecule has 0 aliphatic rings. The Morgan fingerprint density at radius 1 is 0.941 bits per heavy atom. The van der Waals surface area contributed by atoms with E-state index in [1.165, 1.54) is 16.7 Å². The monoisotopic (exact) mass is 469 g/mol. The Morgan fingerprint density at radius 3 is 2.56 bits per heavy atom. The molecule has 5 aromatic rings. The fraction of sp³-hybridized carbons (Fsp3) is 0.222. The Morgan fingerprint density at radius 2 is 1.74 bits per heavy atom. The molecule has 0 radical (unpaired) electrons. The molecule has 2 heterocycles. The molecule has 7 heteroatoms. The molecular weight excluding hydrogens is 442 g/mol. The number of para-hydroxylation sites is 2. The van der Waals surface area contributed by atoms with Crippen LogP contribution in [0, 0.1) is 13.8 Å². The Balaban J connectivity index is 1.37. The van der Waals surface area contributed by atoms with Gasteiger partial charge in [-0.3, -0.25) is 9.13 Å². The smallest absolute Gasteiger partial charge is 0.306 e. The second-order valence-corrected chi connectivity index (χ2v) is 9.55. The molecular formula is C27H27N5OS. The van der Waals surface area contributed by atoms with Gasteiger partial charge in [0.1, 0.15) is 5.82 Å². The van der Waals surface area contributed by atoms with Crippen molar-refractivity contribution in [1.29, 1.82) is 0 Å². The lowest BCUT2D eigenvalue weighted by atomic mass is 10.1. The maximum Gasteiger partial charge on any atom is 0.326 e. The molecule has 0 saturated heterocycles. The molecule has 3 aromatic carbocycles. The zero-order valence-electron chi connectivity index (χ0n) is 19.4. The summed E-state index contributed by atoms with van der Waals surface area (Å²) in [4.78, 5) is 15.3. The number of nitrogens with zero attached hydrogens (tertiary/aromatic N) is 4. The van der Waals surface area contributed by atoms with Crippen molar-refractivity contribution in [3.8, 4) is 5.69 Å².